The molecule has 0 saturated carbocycles. The average Bonchev–Trinajstić information content (AvgIpc) is 2.18. The summed E-state index contributed by atoms with van der Waals surface area (Å²) in [4.78, 5) is 13.4. The Bertz CT molecular complexity index is 252. The summed E-state index contributed by atoms with van der Waals surface area (Å²) < 4.78 is 0. The van der Waals surface area contributed by atoms with Crippen LogP contribution in [0.1, 0.15) is 26.7 Å². The molecule has 0 radical (unpaired) electrons. The number of likely N-dealkylation sites (tertiary alicyclic amines) is 1. The fourth-order valence-corrected chi connectivity index (χ4v) is 1.69. The molecule has 1 aliphatic rings. The Balaban J connectivity index is 2.31. The molecule has 0 aromatic heterocycles. The van der Waals surface area contributed by atoms with Crippen molar-refractivity contribution in [3.8, 4) is 11.8 Å². The van der Waals surface area contributed by atoms with Crippen molar-refractivity contribution < 1.29 is 4.79 Å². The highest BCUT2D eigenvalue weighted by molar-refractivity contribution is 5.74. The van der Waals surface area contributed by atoms with Gasteiger partial charge >= 0.3 is 6.03 Å². The van der Waals surface area contributed by atoms with E-state index in [0.717, 1.165) is 19.5 Å². The summed E-state index contributed by atoms with van der Waals surface area (Å²) in [6.45, 7) is 6.18. The number of piperidine rings is 1. The van der Waals surface area contributed by atoms with E-state index in [1.165, 1.54) is 6.42 Å². The number of nitrogens with one attached hydrogen (secondary N) is 1. The zero-order valence-corrected chi connectivity index (χ0v) is 8.97. The summed E-state index contributed by atoms with van der Waals surface area (Å²) >= 11 is 0. The first kappa shape index (κ1) is 10.9. The van der Waals surface area contributed by atoms with Crippen LogP contribution in [0.25, 0.3) is 0 Å². The molecule has 1 N–H and O–H groups in total. The van der Waals surface area contributed by atoms with Crippen molar-refractivity contribution in [1.29, 1.82) is 0 Å². The lowest BCUT2D eigenvalue weighted by Gasteiger charge is -2.30. The van der Waals surface area contributed by atoms with Gasteiger partial charge in [-0.3, -0.25) is 0 Å². The lowest BCUT2D eigenvalue weighted by molar-refractivity contribution is 0.171. The van der Waals surface area contributed by atoms with E-state index in [-0.39, 0.29) is 6.03 Å². The van der Waals surface area contributed by atoms with E-state index in [1.54, 1.807) is 6.92 Å². The number of urea groups is 1. The lowest BCUT2D eigenvalue weighted by Crippen LogP contribution is -2.45. The van der Waals surface area contributed by atoms with Gasteiger partial charge in [-0.05, 0) is 25.7 Å². The second kappa shape index (κ2) is 5.54. The van der Waals surface area contributed by atoms with E-state index < -0.39 is 0 Å². The van der Waals surface area contributed by atoms with Gasteiger partial charge in [-0.25, -0.2) is 4.79 Å². The molecule has 78 valence electrons. The third-order valence-electron chi connectivity index (χ3n) is 2.45. The maximum Gasteiger partial charge on any atom is 0.318 e. The van der Waals surface area contributed by atoms with Gasteiger partial charge in [-0.1, -0.05) is 12.8 Å². The first-order chi connectivity index (χ1) is 6.74. The minimum atomic E-state index is 0.0271. The standard InChI is InChI=1S/C11H18N2O/c1-3-4-7-12-11(14)13-8-5-6-10(2)9-13/h10H,5-9H2,1-2H3,(H,12,14). The maximum absolute atomic E-state index is 11.6. The molecule has 1 unspecified atom stereocenters. The molecule has 1 aliphatic heterocycles. The molecular weight excluding hydrogens is 176 g/mol. The van der Waals surface area contributed by atoms with Crippen LogP contribution in [-0.4, -0.2) is 30.6 Å². The number of carbonyl (C=O) groups excluding carboxylic acids is 1. The van der Waals surface area contributed by atoms with Crippen LogP contribution in [0.15, 0.2) is 0 Å². The van der Waals surface area contributed by atoms with Gasteiger partial charge in [-0.2, -0.15) is 0 Å². The molecule has 1 rings (SSSR count). The molecule has 0 aromatic rings. The van der Waals surface area contributed by atoms with Gasteiger partial charge in [0.05, 0.1) is 6.54 Å². The molecule has 3 nitrogen and oxygen atoms in total. The Morgan fingerprint density at radius 2 is 2.43 bits per heavy atom. The second-order valence-electron chi connectivity index (χ2n) is 3.78. The van der Waals surface area contributed by atoms with Crippen molar-refractivity contribution >= 4 is 6.03 Å². The molecule has 14 heavy (non-hydrogen) atoms. The number of nitrogens with zero attached hydrogens (tertiary/aromatic N) is 1. The van der Waals surface area contributed by atoms with Crippen LogP contribution in [0, 0.1) is 17.8 Å². The Labute approximate surface area is 85.9 Å². The van der Waals surface area contributed by atoms with Gasteiger partial charge in [0.25, 0.3) is 0 Å². The minimum Gasteiger partial charge on any atom is -0.327 e. The second-order valence-corrected chi connectivity index (χ2v) is 3.78. The molecule has 3 heteroatoms. The SMILES string of the molecule is CC#CCNC(=O)N1CCCC(C)C1. The Morgan fingerprint density at radius 1 is 1.64 bits per heavy atom. The van der Waals surface area contributed by atoms with Gasteiger partial charge in [0.2, 0.25) is 0 Å². The molecule has 1 heterocycles. The van der Waals surface area contributed by atoms with Crippen LogP contribution in [0.2, 0.25) is 0 Å². The lowest BCUT2D eigenvalue weighted by atomic mass is 10.0. The van der Waals surface area contributed by atoms with Crippen molar-refractivity contribution in [2.24, 2.45) is 5.92 Å². The molecule has 0 bridgehead atoms. The maximum atomic E-state index is 11.6. The van der Waals surface area contributed by atoms with Crippen molar-refractivity contribution in [3.63, 3.8) is 0 Å². The zero-order valence-electron chi connectivity index (χ0n) is 8.97. The molecule has 0 spiro atoms. The monoisotopic (exact) mass is 194 g/mol. The molecule has 2 amide bonds. The minimum absolute atomic E-state index is 0.0271. The van der Waals surface area contributed by atoms with Gasteiger partial charge in [0.15, 0.2) is 0 Å². The molecule has 0 aliphatic carbocycles. The Hall–Kier alpha value is -1.17. The van der Waals surface area contributed by atoms with Crippen molar-refractivity contribution in [2.75, 3.05) is 19.6 Å². The number of amides is 2. The summed E-state index contributed by atoms with van der Waals surface area (Å²) in [5, 5.41) is 2.79. The molecule has 1 fully saturated rings. The van der Waals surface area contributed by atoms with E-state index in [1.807, 2.05) is 4.90 Å². The van der Waals surface area contributed by atoms with Crippen LogP contribution >= 0.6 is 0 Å². The quantitative estimate of drug-likeness (QED) is 0.630. The number of rotatable bonds is 1. The first-order valence-corrected chi connectivity index (χ1v) is 5.16. The first-order valence-electron chi connectivity index (χ1n) is 5.16. The third kappa shape index (κ3) is 3.29. The molecule has 0 aromatic carbocycles. The van der Waals surface area contributed by atoms with Crippen LogP contribution in [-0.2, 0) is 0 Å². The summed E-state index contributed by atoms with van der Waals surface area (Å²) in [5.41, 5.74) is 0. The summed E-state index contributed by atoms with van der Waals surface area (Å²) in [5.74, 6) is 6.20. The van der Waals surface area contributed by atoms with E-state index in [0.29, 0.717) is 12.5 Å². The van der Waals surface area contributed by atoms with E-state index >= 15 is 0 Å². The highest BCUT2D eigenvalue weighted by atomic mass is 16.2. The predicted octanol–water partition coefficient (Wildman–Crippen LogP) is 1.45. The molecule has 1 saturated heterocycles. The van der Waals surface area contributed by atoms with Crippen LogP contribution < -0.4 is 5.32 Å². The number of hydrogen-bond donors (Lipinski definition) is 1. The van der Waals surface area contributed by atoms with Gasteiger partial charge in [0, 0.05) is 13.1 Å². The van der Waals surface area contributed by atoms with E-state index in [4.69, 9.17) is 0 Å². The van der Waals surface area contributed by atoms with Crippen molar-refractivity contribution in [2.45, 2.75) is 26.7 Å². The summed E-state index contributed by atoms with van der Waals surface area (Å²) in [6.07, 6.45) is 2.35. The van der Waals surface area contributed by atoms with Gasteiger partial charge < -0.3 is 10.2 Å². The highest BCUT2D eigenvalue weighted by Gasteiger charge is 2.19. The van der Waals surface area contributed by atoms with Crippen LogP contribution in [0.4, 0.5) is 4.79 Å². The van der Waals surface area contributed by atoms with Crippen molar-refractivity contribution in [3.05, 3.63) is 0 Å². The molecule has 1 atom stereocenters. The normalized spacial score (nSPS) is 21.0. The topological polar surface area (TPSA) is 32.3 Å². The fourth-order valence-electron chi connectivity index (χ4n) is 1.69. The average molecular weight is 194 g/mol. The summed E-state index contributed by atoms with van der Waals surface area (Å²) in [7, 11) is 0. The fraction of sp³-hybridized carbons (Fsp3) is 0.727. The largest absolute Gasteiger partial charge is 0.327 e. The summed E-state index contributed by atoms with van der Waals surface area (Å²) in [6, 6.07) is 0.0271. The van der Waals surface area contributed by atoms with E-state index in [2.05, 4.69) is 24.1 Å². The molecular formula is C11H18N2O. The van der Waals surface area contributed by atoms with Crippen LogP contribution in [0.3, 0.4) is 0 Å². The number of carbonyl (C=O) groups is 1. The highest BCUT2D eigenvalue weighted by Crippen LogP contribution is 2.14. The van der Waals surface area contributed by atoms with Gasteiger partial charge in [-0.15, -0.1) is 5.92 Å². The Kier molecular flexibility index (Phi) is 4.31. The smallest absolute Gasteiger partial charge is 0.318 e. The van der Waals surface area contributed by atoms with Crippen molar-refractivity contribution in [1.82, 2.24) is 10.2 Å². The third-order valence-corrected chi connectivity index (χ3v) is 2.45. The Morgan fingerprint density at radius 3 is 3.07 bits per heavy atom. The van der Waals surface area contributed by atoms with Crippen LogP contribution in [0.5, 0.6) is 0 Å². The van der Waals surface area contributed by atoms with Gasteiger partial charge in [0.1, 0.15) is 0 Å². The zero-order chi connectivity index (χ0) is 10.4. The predicted molar refractivity (Wildman–Crippen MR) is 56.8 cm³/mol. The number of hydrogen-bond acceptors (Lipinski definition) is 1. The van der Waals surface area contributed by atoms with E-state index in [9.17, 15) is 4.79 Å².